The smallest absolute Gasteiger partial charge is 0.435 e. The van der Waals surface area contributed by atoms with Gasteiger partial charge in [-0.25, -0.2) is 14.3 Å². The van der Waals surface area contributed by atoms with Gasteiger partial charge in [0, 0.05) is 11.8 Å². The van der Waals surface area contributed by atoms with Crippen LogP contribution >= 0.6 is 11.6 Å². The maximum absolute atomic E-state index is 12.0. The van der Waals surface area contributed by atoms with Crippen LogP contribution in [0.1, 0.15) is 20.8 Å². The lowest BCUT2D eigenvalue weighted by atomic mass is 10.2. The Balaban J connectivity index is 1.96. The van der Waals surface area contributed by atoms with E-state index in [-0.39, 0.29) is 5.28 Å². The second kappa shape index (κ2) is 5.10. The molecule has 3 aromatic heterocycles. The lowest BCUT2D eigenvalue weighted by Crippen LogP contribution is -2.27. The highest BCUT2D eigenvalue weighted by atomic mass is 35.5. The number of rotatable bonds is 1. The maximum Gasteiger partial charge on any atom is 0.435 e. The summed E-state index contributed by atoms with van der Waals surface area (Å²) in [6.45, 7) is 5.40. The van der Waals surface area contributed by atoms with Gasteiger partial charge in [0.05, 0.1) is 23.6 Å². The first kappa shape index (κ1) is 14.5. The molecule has 0 saturated heterocycles. The van der Waals surface area contributed by atoms with Crippen molar-refractivity contribution in [3.63, 3.8) is 0 Å². The van der Waals surface area contributed by atoms with Crippen molar-refractivity contribution in [2.45, 2.75) is 26.4 Å². The largest absolute Gasteiger partial charge is 0.442 e. The molecule has 0 spiro atoms. The van der Waals surface area contributed by atoms with Gasteiger partial charge in [-0.2, -0.15) is 9.78 Å². The van der Waals surface area contributed by atoms with Crippen molar-refractivity contribution in [3.8, 4) is 11.3 Å². The normalized spacial score (nSPS) is 11.8. The molecule has 0 aliphatic heterocycles. The Morgan fingerprint density at radius 1 is 1.27 bits per heavy atom. The summed E-state index contributed by atoms with van der Waals surface area (Å²) in [5, 5.41) is 8.32. The fourth-order valence-electron chi connectivity index (χ4n) is 1.96. The van der Waals surface area contributed by atoms with E-state index in [9.17, 15) is 4.79 Å². The molecular weight excluding hydrogens is 306 g/mol. The molecule has 0 atom stereocenters. The molecule has 3 rings (SSSR count). The zero-order valence-electron chi connectivity index (χ0n) is 12.3. The van der Waals surface area contributed by atoms with E-state index in [1.165, 1.54) is 0 Å². The Labute approximate surface area is 131 Å². The minimum Gasteiger partial charge on any atom is -0.442 e. The van der Waals surface area contributed by atoms with Gasteiger partial charge in [-0.3, -0.25) is 0 Å². The summed E-state index contributed by atoms with van der Waals surface area (Å²) < 4.78 is 8.07. The molecule has 7 nitrogen and oxygen atoms in total. The van der Waals surface area contributed by atoms with Gasteiger partial charge < -0.3 is 4.74 Å². The van der Waals surface area contributed by atoms with E-state index in [1.54, 1.807) is 43.9 Å². The Hall–Kier alpha value is -2.41. The van der Waals surface area contributed by atoms with Gasteiger partial charge in [0.2, 0.25) is 5.28 Å². The number of hydrogen-bond acceptors (Lipinski definition) is 5. The van der Waals surface area contributed by atoms with Gasteiger partial charge >= 0.3 is 6.09 Å². The van der Waals surface area contributed by atoms with Crippen molar-refractivity contribution >= 4 is 23.2 Å². The minimum absolute atomic E-state index is 0.143. The Morgan fingerprint density at radius 3 is 2.77 bits per heavy atom. The molecule has 114 valence electrons. The number of halogens is 1. The Kier molecular flexibility index (Phi) is 3.37. The van der Waals surface area contributed by atoms with Crippen molar-refractivity contribution in [2.24, 2.45) is 0 Å². The summed E-state index contributed by atoms with van der Waals surface area (Å²) in [4.78, 5) is 15.9. The number of carbonyl (C=O) groups is 1. The van der Waals surface area contributed by atoms with Crippen LogP contribution in [-0.2, 0) is 4.74 Å². The Bertz CT molecular complexity index is 846. The van der Waals surface area contributed by atoms with E-state index < -0.39 is 11.7 Å². The molecule has 3 aromatic rings. The van der Waals surface area contributed by atoms with Crippen molar-refractivity contribution in [2.75, 3.05) is 0 Å². The Morgan fingerprint density at radius 2 is 2.05 bits per heavy atom. The van der Waals surface area contributed by atoms with Gasteiger partial charge in [-0.15, -0.1) is 5.10 Å². The molecule has 0 fully saturated rings. The van der Waals surface area contributed by atoms with Gasteiger partial charge in [0.25, 0.3) is 0 Å². The predicted octanol–water partition coefficient (Wildman–Crippen LogP) is 3.03. The van der Waals surface area contributed by atoms with E-state index in [0.717, 1.165) is 21.5 Å². The average Bonchev–Trinajstić information content (AvgIpc) is 3.01. The van der Waals surface area contributed by atoms with Crippen LogP contribution in [-0.4, -0.2) is 36.1 Å². The van der Waals surface area contributed by atoms with Crippen LogP contribution in [0.25, 0.3) is 16.8 Å². The second-order valence-electron chi connectivity index (χ2n) is 5.74. The van der Waals surface area contributed by atoms with Crippen LogP contribution in [0, 0.1) is 0 Å². The summed E-state index contributed by atoms with van der Waals surface area (Å²) >= 11 is 5.83. The molecule has 8 heteroatoms. The van der Waals surface area contributed by atoms with Crippen molar-refractivity contribution < 1.29 is 9.53 Å². The molecule has 0 saturated carbocycles. The molecule has 0 bridgehead atoms. The lowest BCUT2D eigenvalue weighted by Gasteiger charge is -2.18. The van der Waals surface area contributed by atoms with Gasteiger partial charge in [0.1, 0.15) is 5.60 Å². The quantitative estimate of drug-likeness (QED) is 0.689. The summed E-state index contributed by atoms with van der Waals surface area (Å²) in [5.74, 6) is 0. The van der Waals surface area contributed by atoms with Crippen LogP contribution < -0.4 is 0 Å². The average molecular weight is 320 g/mol. The van der Waals surface area contributed by atoms with Crippen molar-refractivity contribution in [1.29, 1.82) is 0 Å². The number of aromatic nitrogens is 5. The van der Waals surface area contributed by atoms with E-state index >= 15 is 0 Å². The van der Waals surface area contributed by atoms with Gasteiger partial charge in [-0.05, 0) is 44.5 Å². The van der Waals surface area contributed by atoms with Crippen molar-refractivity contribution in [1.82, 2.24) is 24.4 Å². The van der Waals surface area contributed by atoms with E-state index in [1.807, 2.05) is 12.1 Å². The lowest BCUT2D eigenvalue weighted by molar-refractivity contribution is 0.0514. The SMILES string of the molecule is CC(C)(C)OC(=O)n1cc(-c2ccc3cnc(Cl)nn23)cn1. The third kappa shape index (κ3) is 2.80. The molecule has 0 N–H and O–H groups in total. The number of hydrogen-bond donors (Lipinski definition) is 0. The molecule has 0 aliphatic rings. The van der Waals surface area contributed by atoms with Gasteiger partial charge in [-0.1, -0.05) is 0 Å². The van der Waals surface area contributed by atoms with E-state index in [2.05, 4.69) is 15.2 Å². The van der Waals surface area contributed by atoms with Crippen LogP contribution in [0.2, 0.25) is 5.28 Å². The topological polar surface area (TPSA) is 74.3 Å². The molecule has 0 amide bonds. The zero-order chi connectivity index (χ0) is 15.9. The molecule has 0 aromatic carbocycles. The summed E-state index contributed by atoms with van der Waals surface area (Å²) in [6, 6.07) is 3.72. The molecule has 0 radical (unpaired) electrons. The van der Waals surface area contributed by atoms with Crippen LogP contribution in [0.4, 0.5) is 4.79 Å². The molecular formula is C14H14ClN5O2. The standard InChI is InChI=1S/C14H14ClN5O2/c1-14(2,3)22-13(21)19-8-9(6-17-19)11-5-4-10-7-16-12(15)18-20(10)11/h4-8H,1-3H3. The first-order chi connectivity index (χ1) is 10.3. The van der Waals surface area contributed by atoms with E-state index in [4.69, 9.17) is 16.3 Å². The number of nitrogens with zero attached hydrogens (tertiary/aromatic N) is 5. The first-order valence-corrected chi connectivity index (χ1v) is 7.00. The highest BCUT2D eigenvalue weighted by molar-refractivity contribution is 6.28. The fourth-order valence-corrected chi connectivity index (χ4v) is 2.09. The molecule has 0 aliphatic carbocycles. The fraction of sp³-hybridized carbons (Fsp3) is 0.286. The first-order valence-electron chi connectivity index (χ1n) is 6.62. The monoisotopic (exact) mass is 319 g/mol. The van der Waals surface area contributed by atoms with E-state index in [0.29, 0.717) is 0 Å². The highest BCUT2D eigenvalue weighted by Crippen LogP contribution is 2.22. The summed E-state index contributed by atoms with van der Waals surface area (Å²) in [6.07, 6.45) is 4.25. The van der Waals surface area contributed by atoms with Gasteiger partial charge in [0.15, 0.2) is 0 Å². The maximum atomic E-state index is 12.0. The number of fused-ring (bicyclic) bond motifs is 1. The van der Waals surface area contributed by atoms with Crippen molar-refractivity contribution in [3.05, 3.63) is 36.0 Å². The van der Waals surface area contributed by atoms with Crippen LogP contribution in [0.15, 0.2) is 30.7 Å². The van der Waals surface area contributed by atoms with Crippen LogP contribution in [0.5, 0.6) is 0 Å². The predicted molar refractivity (Wildman–Crippen MR) is 80.9 cm³/mol. The second-order valence-corrected chi connectivity index (χ2v) is 6.07. The third-order valence-corrected chi connectivity index (χ3v) is 3.00. The zero-order valence-corrected chi connectivity index (χ0v) is 13.1. The van der Waals surface area contributed by atoms with Crippen LogP contribution in [0.3, 0.4) is 0 Å². The minimum atomic E-state index is -0.578. The number of carbonyl (C=O) groups excluding carboxylic acids is 1. The summed E-state index contributed by atoms with van der Waals surface area (Å²) in [7, 11) is 0. The summed E-state index contributed by atoms with van der Waals surface area (Å²) in [5.41, 5.74) is 1.70. The molecule has 0 unspecified atom stereocenters. The molecule has 22 heavy (non-hydrogen) atoms. The highest BCUT2D eigenvalue weighted by Gasteiger charge is 2.19. The number of ether oxygens (including phenoxy) is 1. The molecule has 3 heterocycles. The third-order valence-electron chi connectivity index (χ3n) is 2.83.